The van der Waals surface area contributed by atoms with E-state index in [-0.39, 0.29) is 0 Å². The lowest BCUT2D eigenvalue weighted by Gasteiger charge is -2.22. The summed E-state index contributed by atoms with van der Waals surface area (Å²) in [5.41, 5.74) is 5.05. The van der Waals surface area contributed by atoms with Crippen LogP contribution in [-0.2, 0) is 24.1 Å². The van der Waals surface area contributed by atoms with Crippen LogP contribution in [0, 0.1) is 0 Å². The summed E-state index contributed by atoms with van der Waals surface area (Å²) in [6.07, 6.45) is 7.67. The molecule has 1 aliphatic carbocycles. The number of aliphatic imine (C=N–C) groups is 1. The number of hydrogen-bond donors (Lipinski definition) is 2. The number of nitrogens with one attached hydrogen (secondary N) is 2. The number of ether oxygens (including phenoxy) is 1. The Balaban J connectivity index is 1.29. The molecule has 0 spiro atoms. The van der Waals surface area contributed by atoms with Crippen LogP contribution in [0.25, 0.3) is 5.69 Å². The molecule has 2 aliphatic heterocycles. The number of rotatable bonds is 4. The second kappa shape index (κ2) is 7.00. The minimum Gasteiger partial charge on any atom is -0.373 e. The summed E-state index contributed by atoms with van der Waals surface area (Å²) >= 11 is 0. The minimum absolute atomic E-state index is 0.343. The standard InChI is InChI=1S/C21H27N5O/c1-22-21(24-17-12-15-10-11-20(17)27-15)23-13-18-16-8-5-9-19(16)26(25-18)14-6-3-2-4-7-14/h2-4,6-7,15,17,20H,5,8-13H2,1H3,(H2,22,23,24). The highest BCUT2D eigenvalue weighted by atomic mass is 16.5. The Morgan fingerprint density at radius 1 is 1.26 bits per heavy atom. The molecule has 3 aliphatic rings. The Morgan fingerprint density at radius 2 is 2.15 bits per heavy atom. The van der Waals surface area contributed by atoms with Crippen molar-refractivity contribution in [2.75, 3.05) is 7.05 Å². The van der Waals surface area contributed by atoms with Crippen LogP contribution in [0.4, 0.5) is 0 Å². The highest BCUT2D eigenvalue weighted by Gasteiger charge is 2.41. The Kier molecular flexibility index (Phi) is 4.36. The molecular weight excluding hydrogens is 338 g/mol. The third-order valence-electron chi connectivity index (χ3n) is 6.09. The van der Waals surface area contributed by atoms with E-state index in [1.165, 1.54) is 24.1 Å². The average molecular weight is 365 g/mol. The quantitative estimate of drug-likeness (QED) is 0.645. The molecule has 2 aromatic rings. The molecule has 2 bridgehead atoms. The van der Waals surface area contributed by atoms with Crippen LogP contribution in [0.3, 0.4) is 0 Å². The van der Waals surface area contributed by atoms with Gasteiger partial charge in [-0.05, 0) is 56.2 Å². The van der Waals surface area contributed by atoms with Crippen LogP contribution < -0.4 is 10.6 Å². The third-order valence-corrected chi connectivity index (χ3v) is 6.09. The SMILES string of the molecule is CN=C(NCc1nn(-c2ccccc2)c2c1CCC2)NC1CC2CCC1O2. The van der Waals surface area contributed by atoms with Crippen LogP contribution in [0.2, 0.25) is 0 Å². The lowest BCUT2D eigenvalue weighted by Crippen LogP contribution is -2.47. The summed E-state index contributed by atoms with van der Waals surface area (Å²) in [6, 6.07) is 10.8. The molecule has 0 radical (unpaired) electrons. The van der Waals surface area contributed by atoms with Crippen molar-refractivity contribution in [2.45, 2.75) is 63.3 Å². The predicted octanol–water partition coefficient (Wildman–Crippen LogP) is 2.35. The van der Waals surface area contributed by atoms with E-state index in [0.29, 0.717) is 24.8 Å². The molecule has 6 nitrogen and oxygen atoms in total. The second-order valence-electron chi connectivity index (χ2n) is 7.76. The van der Waals surface area contributed by atoms with Crippen molar-refractivity contribution < 1.29 is 4.74 Å². The van der Waals surface area contributed by atoms with Crippen molar-refractivity contribution in [1.29, 1.82) is 0 Å². The molecule has 2 N–H and O–H groups in total. The number of hydrogen-bond acceptors (Lipinski definition) is 3. The first kappa shape index (κ1) is 16.8. The van der Waals surface area contributed by atoms with Crippen LogP contribution in [0.1, 0.15) is 42.6 Å². The van der Waals surface area contributed by atoms with Gasteiger partial charge < -0.3 is 15.4 Å². The summed E-state index contributed by atoms with van der Waals surface area (Å²) in [5.74, 6) is 0.845. The van der Waals surface area contributed by atoms with Gasteiger partial charge in [-0.15, -0.1) is 0 Å². The molecule has 0 saturated carbocycles. The molecule has 6 heteroatoms. The fourth-order valence-electron chi connectivity index (χ4n) is 4.77. The summed E-state index contributed by atoms with van der Waals surface area (Å²) in [7, 11) is 1.83. The third kappa shape index (κ3) is 3.12. The molecule has 1 aromatic carbocycles. The zero-order valence-electron chi connectivity index (χ0n) is 15.8. The Bertz CT molecular complexity index is 844. The van der Waals surface area contributed by atoms with Gasteiger partial charge in [0.05, 0.1) is 36.2 Å². The number of guanidine groups is 1. The molecule has 5 rings (SSSR count). The van der Waals surface area contributed by atoms with E-state index in [2.05, 4.69) is 44.6 Å². The maximum atomic E-state index is 5.94. The minimum atomic E-state index is 0.343. The van der Waals surface area contributed by atoms with Crippen LogP contribution in [0.15, 0.2) is 35.3 Å². The van der Waals surface area contributed by atoms with Gasteiger partial charge in [0.1, 0.15) is 0 Å². The first-order valence-corrected chi connectivity index (χ1v) is 10.1. The fraction of sp³-hybridized carbons (Fsp3) is 0.524. The van der Waals surface area contributed by atoms with Gasteiger partial charge in [0.25, 0.3) is 0 Å². The molecular formula is C21H27N5O. The molecule has 2 saturated heterocycles. The van der Waals surface area contributed by atoms with Gasteiger partial charge in [-0.2, -0.15) is 5.10 Å². The van der Waals surface area contributed by atoms with Gasteiger partial charge in [0.15, 0.2) is 5.96 Å². The Morgan fingerprint density at radius 3 is 2.89 bits per heavy atom. The zero-order chi connectivity index (χ0) is 18.2. The first-order chi connectivity index (χ1) is 13.3. The maximum absolute atomic E-state index is 5.94. The normalized spacial score (nSPS) is 26.4. The van der Waals surface area contributed by atoms with Crippen LogP contribution in [0.5, 0.6) is 0 Å². The molecule has 3 heterocycles. The van der Waals surface area contributed by atoms with Gasteiger partial charge >= 0.3 is 0 Å². The molecule has 27 heavy (non-hydrogen) atoms. The molecule has 142 valence electrons. The van der Waals surface area contributed by atoms with Crippen molar-refractivity contribution >= 4 is 5.96 Å². The molecule has 3 unspecified atom stereocenters. The Labute approximate surface area is 160 Å². The van der Waals surface area contributed by atoms with E-state index < -0.39 is 0 Å². The molecule has 0 amide bonds. The average Bonchev–Trinajstić information content (AvgIpc) is 3.47. The van der Waals surface area contributed by atoms with Crippen molar-refractivity contribution in [2.24, 2.45) is 4.99 Å². The maximum Gasteiger partial charge on any atom is 0.191 e. The lowest BCUT2D eigenvalue weighted by atomic mass is 9.96. The summed E-state index contributed by atoms with van der Waals surface area (Å²) in [6.45, 7) is 0.698. The topological polar surface area (TPSA) is 63.5 Å². The van der Waals surface area contributed by atoms with Gasteiger partial charge in [0, 0.05) is 12.7 Å². The van der Waals surface area contributed by atoms with Crippen molar-refractivity contribution in [3.05, 3.63) is 47.3 Å². The van der Waals surface area contributed by atoms with Gasteiger partial charge in [0.2, 0.25) is 0 Å². The van der Waals surface area contributed by atoms with Crippen LogP contribution in [-0.4, -0.2) is 41.0 Å². The van der Waals surface area contributed by atoms with E-state index >= 15 is 0 Å². The zero-order valence-corrected chi connectivity index (χ0v) is 15.8. The first-order valence-electron chi connectivity index (χ1n) is 10.1. The smallest absolute Gasteiger partial charge is 0.191 e. The van der Waals surface area contributed by atoms with Gasteiger partial charge in [-0.3, -0.25) is 4.99 Å². The highest BCUT2D eigenvalue weighted by Crippen LogP contribution is 2.34. The summed E-state index contributed by atoms with van der Waals surface area (Å²) in [5, 5.41) is 12.0. The van der Waals surface area contributed by atoms with Crippen molar-refractivity contribution in [3.8, 4) is 5.69 Å². The van der Waals surface area contributed by atoms with Crippen LogP contribution >= 0.6 is 0 Å². The van der Waals surface area contributed by atoms with E-state index in [1.54, 1.807) is 0 Å². The van der Waals surface area contributed by atoms with Gasteiger partial charge in [-0.25, -0.2) is 4.68 Å². The number of para-hydroxylation sites is 1. The summed E-state index contributed by atoms with van der Waals surface area (Å²) < 4.78 is 8.07. The lowest BCUT2D eigenvalue weighted by molar-refractivity contribution is 0.0992. The fourth-order valence-corrected chi connectivity index (χ4v) is 4.77. The number of fused-ring (bicyclic) bond motifs is 3. The molecule has 2 fully saturated rings. The number of benzene rings is 1. The van der Waals surface area contributed by atoms with Crippen molar-refractivity contribution in [3.63, 3.8) is 0 Å². The Hall–Kier alpha value is -2.34. The van der Waals surface area contributed by atoms with Gasteiger partial charge in [-0.1, -0.05) is 18.2 Å². The van der Waals surface area contributed by atoms with E-state index in [4.69, 9.17) is 9.84 Å². The highest BCUT2D eigenvalue weighted by molar-refractivity contribution is 5.80. The van der Waals surface area contributed by atoms with E-state index in [0.717, 1.165) is 43.0 Å². The number of aromatic nitrogens is 2. The van der Waals surface area contributed by atoms with E-state index in [9.17, 15) is 0 Å². The molecule has 3 atom stereocenters. The van der Waals surface area contributed by atoms with Crippen molar-refractivity contribution in [1.82, 2.24) is 20.4 Å². The van der Waals surface area contributed by atoms with E-state index in [1.807, 2.05) is 13.1 Å². The largest absolute Gasteiger partial charge is 0.373 e. The predicted molar refractivity (Wildman–Crippen MR) is 105 cm³/mol. The monoisotopic (exact) mass is 365 g/mol. The summed E-state index contributed by atoms with van der Waals surface area (Å²) in [4.78, 5) is 4.41. The number of nitrogens with zero attached hydrogens (tertiary/aromatic N) is 3. The molecule has 1 aromatic heterocycles. The second-order valence-corrected chi connectivity index (χ2v) is 7.76.